The van der Waals surface area contributed by atoms with E-state index in [1.165, 1.54) is 23.2 Å². The van der Waals surface area contributed by atoms with Crippen LogP contribution in [-0.4, -0.2) is 55.4 Å². The van der Waals surface area contributed by atoms with Gasteiger partial charge in [0.05, 0.1) is 36.2 Å². The van der Waals surface area contributed by atoms with Gasteiger partial charge in [-0.2, -0.15) is 18.3 Å². The van der Waals surface area contributed by atoms with Gasteiger partial charge in [-0.15, -0.1) is 0 Å². The number of alkyl halides is 3. The number of benzene rings is 1. The molecule has 0 saturated carbocycles. The normalized spacial score (nSPS) is 12.0. The maximum atomic E-state index is 14.1. The molecule has 194 valence electrons. The Kier molecular flexibility index (Phi) is 10.1. The molecule has 11 heteroatoms. The van der Waals surface area contributed by atoms with E-state index < -0.39 is 29.5 Å². The second-order valence-corrected chi connectivity index (χ2v) is 7.59. The lowest BCUT2D eigenvalue weighted by atomic mass is 10.1. The first-order chi connectivity index (χ1) is 17.0. The number of hydrogen-bond donors (Lipinski definition) is 0. The molecule has 1 aromatic heterocycles. The quantitative estimate of drug-likeness (QED) is 0.206. The summed E-state index contributed by atoms with van der Waals surface area (Å²) in [4.78, 5) is 18.4. The number of aromatic nitrogens is 1. The van der Waals surface area contributed by atoms with E-state index in [0.29, 0.717) is 35.7 Å². The van der Waals surface area contributed by atoms with Gasteiger partial charge in [0, 0.05) is 32.3 Å². The molecular formula is C25H28F4N4O3. The molecule has 0 unspecified atom stereocenters. The van der Waals surface area contributed by atoms with Gasteiger partial charge in [-0.3, -0.25) is 9.80 Å². The Morgan fingerprint density at radius 2 is 2.00 bits per heavy atom. The summed E-state index contributed by atoms with van der Waals surface area (Å²) < 4.78 is 62.9. The lowest BCUT2D eigenvalue weighted by molar-refractivity contribution is -0.138. The van der Waals surface area contributed by atoms with Crippen LogP contribution >= 0.6 is 0 Å². The van der Waals surface area contributed by atoms with Crippen molar-refractivity contribution in [2.45, 2.75) is 39.4 Å². The molecule has 0 aliphatic rings. The zero-order valence-corrected chi connectivity index (χ0v) is 20.7. The maximum Gasteiger partial charge on any atom is 0.417 e. The number of ether oxygens (including phenoxy) is 2. The van der Waals surface area contributed by atoms with E-state index in [2.05, 4.69) is 21.9 Å². The lowest BCUT2D eigenvalue weighted by Crippen LogP contribution is -2.42. The summed E-state index contributed by atoms with van der Waals surface area (Å²) in [6, 6.07) is 4.66. The highest BCUT2D eigenvalue weighted by molar-refractivity contribution is 6.00. The van der Waals surface area contributed by atoms with E-state index in [0.717, 1.165) is 0 Å². The summed E-state index contributed by atoms with van der Waals surface area (Å²) in [7, 11) is 3.17. The Balaban J connectivity index is 2.24. The van der Waals surface area contributed by atoms with Crippen molar-refractivity contribution in [2.75, 3.05) is 32.3 Å². The van der Waals surface area contributed by atoms with Crippen LogP contribution in [-0.2, 0) is 6.18 Å². The molecule has 0 aliphatic heterocycles. The van der Waals surface area contributed by atoms with Crippen LogP contribution in [0, 0.1) is 17.7 Å². The molecule has 7 nitrogen and oxygen atoms in total. The van der Waals surface area contributed by atoms with Crippen LogP contribution in [0.4, 0.5) is 23.2 Å². The number of carbonyl (C=O) groups is 1. The summed E-state index contributed by atoms with van der Waals surface area (Å²) in [5.41, 5.74) is -0.424. The van der Waals surface area contributed by atoms with Crippen molar-refractivity contribution in [1.82, 2.24) is 9.88 Å². The Morgan fingerprint density at radius 3 is 2.58 bits per heavy atom. The molecule has 36 heavy (non-hydrogen) atoms. The molecule has 2 aromatic rings. The number of amides is 1. The third kappa shape index (κ3) is 7.34. The number of carbonyl (C=O) groups excluding carboxylic acids is 1. The van der Waals surface area contributed by atoms with Crippen LogP contribution in [0.25, 0.3) is 0 Å². The fourth-order valence-corrected chi connectivity index (χ4v) is 3.20. The SMILES string of the molecule is CCC#C/C=N\N(C)c1cc(OC)ccc1C(=O)N(CC)[C@@H](C)COc1ncc(C(F)(F)F)cc1F. The fraction of sp³-hybridized carbons (Fsp3) is 0.400. The fourth-order valence-electron chi connectivity index (χ4n) is 3.20. The number of methoxy groups -OCH3 is 1. The van der Waals surface area contributed by atoms with Crippen LogP contribution < -0.4 is 14.5 Å². The number of hydrazone groups is 1. The van der Waals surface area contributed by atoms with Crippen molar-refractivity contribution in [2.24, 2.45) is 5.10 Å². The van der Waals surface area contributed by atoms with Crippen LogP contribution in [0.2, 0.25) is 0 Å². The summed E-state index contributed by atoms with van der Waals surface area (Å²) in [6.45, 7) is 5.44. The predicted octanol–water partition coefficient (Wildman–Crippen LogP) is 5.01. The van der Waals surface area contributed by atoms with Crippen LogP contribution in [0.5, 0.6) is 11.6 Å². The number of hydrogen-bond acceptors (Lipinski definition) is 6. The Morgan fingerprint density at radius 1 is 1.28 bits per heavy atom. The first-order valence-corrected chi connectivity index (χ1v) is 11.1. The molecule has 1 aromatic carbocycles. The molecule has 1 atom stereocenters. The minimum atomic E-state index is -4.72. The number of rotatable bonds is 9. The van der Waals surface area contributed by atoms with Crippen LogP contribution in [0.1, 0.15) is 43.1 Å². The second kappa shape index (κ2) is 12.8. The van der Waals surface area contributed by atoms with Gasteiger partial charge in [-0.25, -0.2) is 9.37 Å². The molecule has 0 bridgehead atoms. The first kappa shape index (κ1) is 28.4. The number of likely N-dealkylation sites (N-methyl/N-ethyl adjacent to an activating group) is 1. The van der Waals surface area contributed by atoms with Gasteiger partial charge in [-0.05, 0) is 32.0 Å². The molecular weight excluding hydrogens is 480 g/mol. The Labute approximate surface area is 207 Å². The summed E-state index contributed by atoms with van der Waals surface area (Å²) >= 11 is 0. The van der Waals surface area contributed by atoms with Gasteiger partial charge in [0.25, 0.3) is 5.91 Å². The average molecular weight is 509 g/mol. The smallest absolute Gasteiger partial charge is 0.417 e. The van der Waals surface area contributed by atoms with E-state index >= 15 is 0 Å². The monoisotopic (exact) mass is 508 g/mol. The number of pyridine rings is 1. The van der Waals surface area contributed by atoms with E-state index in [1.807, 2.05) is 6.92 Å². The highest BCUT2D eigenvalue weighted by atomic mass is 19.4. The average Bonchev–Trinajstić information content (AvgIpc) is 2.85. The topological polar surface area (TPSA) is 67.3 Å². The van der Waals surface area contributed by atoms with Crippen LogP contribution in [0.3, 0.4) is 0 Å². The molecule has 0 radical (unpaired) electrons. The molecule has 1 heterocycles. The summed E-state index contributed by atoms with van der Waals surface area (Å²) in [5.74, 6) is 4.01. The summed E-state index contributed by atoms with van der Waals surface area (Å²) in [6.07, 6.45) is -2.12. The predicted molar refractivity (Wildman–Crippen MR) is 129 cm³/mol. The summed E-state index contributed by atoms with van der Waals surface area (Å²) in [5, 5.41) is 5.74. The molecule has 0 spiro atoms. The van der Waals surface area contributed by atoms with E-state index in [1.54, 1.807) is 39.1 Å². The maximum absolute atomic E-state index is 14.1. The van der Waals surface area contributed by atoms with Crippen molar-refractivity contribution < 1.29 is 31.8 Å². The van der Waals surface area contributed by atoms with E-state index in [4.69, 9.17) is 9.47 Å². The molecule has 2 rings (SSSR count). The molecule has 1 amide bonds. The Hall–Kier alpha value is -3.81. The van der Waals surface area contributed by atoms with Crippen LogP contribution in [0.15, 0.2) is 35.6 Å². The number of halogens is 4. The first-order valence-electron chi connectivity index (χ1n) is 11.1. The third-order valence-electron chi connectivity index (χ3n) is 5.09. The minimum Gasteiger partial charge on any atom is -0.497 e. The van der Waals surface area contributed by atoms with E-state index in [-0.39, 0.29) is 19.1 Å². The molecule has 0 saturated heterocycles. The van der Waals surface area contributed by atoms with Gasteiger partial charge >= 0.3 is 6.18 Å². The molecule has 0 fully saturated rings. The third-order valence-corrected chi connectivity index (χ3v) is 5.09. The minimum absolute atomic E-state index is 0.194. The van der Waals surface area contributed by atoms with Crippen molar-refractivity contribution in [3.05, 3.63) is 47.4 Å². The van der Waals surface area contributed by atoms with Gasteiger partial charge in [0.1, 0.15) is 12.4 Å². The Bertz CT molecular complexity index is 1140. The second-order valence-electron chi connectivity index (χ2n) is 7.59. The highest BCUT2D eigenvalue weighted by Crippen LogP contribution is 2.31. The highest BCUT2D eigenvalue weighted by Gasteiger charge is 2.32. The van der Waals surface area contributed by atoms with Crippen molar-refractivity contribution in [1.29, 1.82) is 0 Å². The standard InChI is InChI=1S/C25H28F4N4O3/c1-6-8-9-12-31-32(4)22-14-19(35-5)10-11-20(22)24(34)33(7-2)17(3)16-36-23-21(26)13-18(15-30-23)25(27,28)29/h10-15,17H,6-7,16H2,1-5H3/b31-12-/t17-/m0/s1. The van der Waals surface area contributed by atoms with E-state index in [9.17, 15) is 22.4 Å². The van der Waals surface area contributed by atoms with Gasteiger partial charge < -0.3 is 14.4 Å². The van der Waals surface area contributed by atoms with Crippen molar-refractivity contribution >= 4 is 17.8 Å². The lowest BCUT2D eigenvalue weighted by Gasteiger charge is -2.29. The van der Waals surface area contributed by atoms with Crippen molar-refractivity contribution in [3.8, 4) is 23.5 Å². The number of anilines is 1. The van der Waals surface area contributed by atoms with Gasteiger partial charge in [0.2, 0.25) is 5.88 Å². The zero-order valence-electron chi connectivity index (χ0n) is 20.7. The van der Waals surface area contributed by atoms with Crippen molar-refractivity contribution in [3.63, 3.8) is 0 Å². The van der Waals surface area contributed by atoms with Gasteiger partial charge in [0.15, 0.2) is 5.82 Å². The zero-order chi connectivity index (χ0) is 26.9. The molecule has 0 N–H and O–H groups in total. The number of nitrogens with zero attached hydrogens (tertiary/aromatic N) is 4. The largest absolute Gasteiger partial charge is 0.497 e. The van der Waals surface area contributed by atoms with Gasteiger partial charge in [-0.1, -0.05) is 18.8 Å². The molecule has 0 aliphatic carbocycles.